The van der Waals surface area contributed by atoms with E-state index in [1.807, 2.05) is 6.92 Å². The Morgan fingerprint density at radius 2 is 1.81 bits per heavy atom. The summed E-state index contributed by atoms with van der Waals surface area (Å²) in [6.45, 7) is 6.11. The minimum atomic E-state index is -0.364. The van der Waals surface area contributed by atoms with Gasteiger partial charge in [-0.15, -0.1) is 0 Å². The van der Waals surface area contributed by atoms with Crippen LogP contribution in [0.4, 0.5) is 11.4 Å². The topological polar surface area (TPSA) is 55.2 Å². The van der Waals surface area contributed by atoms with Crippen LogP contribution in [-0.2, 0) is 0 Å². The van der Waals surface area contributed by atoms with Crippen molar-refractivity contribution in [1.29, 1.82) is 0 Å². The Morgan fingerprint density at radius 1 is 1.14 bits per heavy atom. The zero-order valence-corrected chi connectivity index (χ0v) is 12.6. The Kier molecular flexibility index (Phi) is 4.58. The smallest absolute Gasteiger partial charge is 0.271 e. The first-order chi connectivity index (χ1) is 10.0. The lowest BCUT2D eigenvalue weighted by molar-refractivity contribution is -0.384. The number of hydrogen-bond acceptors (Lipinski definition) is 3. The van der Waals surface area contributed by atoms with Crippen LogP contribution in [0.3, 0.4) is 0 Å². The van der Waals surface area contributed by atoms with E-state index in [4.69, 9.17) is 0 Å². The Balaban J connectivity index is 2.28. The number of nitrogens with one attached hydrogen (secondary N) is 1. The number of anilines is 1. The molecule has 0 aliphatic carbocycles. The van der Waals surface area contributed by atoms with Gasteiger partial charge in [-0.2, -0.15) is 0 Å². The van der Waals surface area contributed by atoms with Crippen LogP contribution in [0.2, 0.25) is 0 Å². The zero-order chi connectivity index (χ0) is 15.4. The van der Waals surface area contributed by atoms with Crippen molar-refractivity contribution >= 4 is 11.4 Å². The van der Waals surface area contributed by atoms with Crippen molar-refractivity contribution in [3.05, 3.63) is 69.3 Å². The molecule has 1 atom stereocenters. The number of nitro benzene ring substituents is 1. The fourth-order valence-corrected chi connectivity index (χ4v) is 2.29. The summed E-state index contributed by atoms with van der Waals surface area (Å²) in [6, 6.07) is 13.4. The highest BCUT2D eigenvalue weighted by Crippen LogP contribution is 2.28. The molecule has 1 unspecified atom stereocenters. The standard InChI is InChI=1S/C17H20N2O2/c1-4-16(14-8-5-12(2)6-9-14)18-17-11-15(19(20)21)10-7-13(17)3/h5-11,16,18H,4H2,1-3H3. The van der Waals surface area contributed by atoms with E-state index in [1.165, 1.54) is 17.2 Å². The zero-order valence-electron chi connectivity index (χ0n) is 12.6. The van der Waals surface area contributed by atoms with Gasteiger partial charge in [0.1, 0.15) is 0 Å². The summed E-state index contributed by atoms with van der Waals surface area (Å²) in [5.74, 6) is 0. The molecule has 1 N–H and O–H groups in total. The van der Waals surface area contributed by atoms with Gasteiger partial charge in [0.05, 0.1) is 11.0 Å². The molecular weight excluding hydrogens is 264 g/mol. The molecule has 0 saturated carbocycles. The average Bonchev–Trinajstić information content (AvgIpc) is 2.47. The molecule has 0 aromatic heterocycles. The summed E-state index contributed by atoms with van der Waals surface area (Å²) in [5.41, 5.74) is 4.35. The molecule has 4 nitrogen and oxygen atoms in total. The van der Waals surface area contributed by atoms with E-state index >= 15 is 0 Å². The normalized spacial score (nSPS) is 12.0. The van der Waals surface area contributed by atoms with Crippen LogP contribution in [-0.4, -0.2) is 4.92 Å². The molecule has 0 amide bonds. The minimum absolute atomic E-state index is 0.113. The van der Waals surface area contributed by atoms with Crippen molar-refractivity contribution < 1.29 is 4.92 Å². The average molecular weight is 284 g/mol. The second-order valence-corrected chi connectivity index (χ2v) is 5.27. The number of hydrogen-bond donors (Lipinski definition) is 1. The van der Waals surface area contributed by atoms with Gasteiger partial charge in [-0.25, -0.2) is 0 Å². The van der Waals surface area contributed by atoms with E-state index < -0.39 is 0 Å². The number of benzene rings is 2. The van der Waals surface area contributed by atoms with Gasteiger partial charge in [-0.05, 0) is 31.4 Å². The van der Waals surface area contributed by atoms with Crippen LogP contribution in [0.15, 0.2) is 42.5 Å². The van der Waals surface area contributed by atoms with Gasteiger partial charge >= 0.3 is 0 Å². The third kappa shape index (κ3) is 3.60. The van der Waals surface area contributed by atoms with Gasteiger partial charge in [-0.3, -0.25) is 10.1 Å². The van der Waals surface area contributed by atoms with Gasteiger partial charge in [0.2, 0.25) is 0 Å². The third-order valence-corrected chi connectivity index (χ3v) is 3.65. The van der Waals surface area contributed by atoms with E-state index in [9.17, 15) is 10.1 Å². The highest BCUT2D eigenvalue weighted by Gasteiger charge is 2.13. The molecule has 0 radical (unpaired) electrons. The predicted octanol–water partition coefficient (Wildman–Crippen LogP) is 4.77. The molecule has 2 aromatic carbocycles. The molecule has 4 heteroatoms. The molecule has 0 spiro atoms. The fourth-order valence-electron chi connectivity index (χ4n) is 2.29. The molecule has 0 aliphatic rings. The van der Waals surface area contributed by atoms with Crippen LogP contribution < -0.4 is 5.32 Å². The maximum absolute atomic E-state index is 10.9. The first-order valence-corrected chi connectivity index (χ1v) is 7.09. The number of aryl methyl sites for hydroxylation is 2. The highest BCUT2D eigenvalue weighted by atomic mass is 16.6. The lowest BCUT2D eigenvalue weighted by atomic mass is 10.0. The summed E-state index contributed by atoms with van der Waals surface area (Å²) in [5, 5.41) is 14.3. The summed E-state index contributed by atoms with van der Waals surface area (Å²) in [4.78, 5) is 10.5. The van der Waals surface area contributed by atoms with Gasteiger partial charge in [0.15, 0.2) is 0 Å². The Hall–Kier alpha value is -2.36. The van der Waals surface area contributed by atoms with Crippen LogP contribution in [0.25, 0.3) is 0 Å². The van der Waals surface area contributed by atoms with Crippen LogP contribution >= 0.6 is 0 Å². The van der Waals surface area contributed by atoms with Crippen molar-refractivity contribution in [3.63, 3.8) is 0 Å². The lowest BCUT2D eigenvalue weighted by Gasteiger charge is -2.20. The summed E-state index contributed by atoms with van der Waals surface area (Å²) >= 11 is 0. The molecule has 0 bridgehead atoms. The van der Waals surface area contributed by atoms with E-state index in [1.54, 1.807) is 12.1 Å². The molecule has 2 rings (SSSR count). The van der Waals surface area contributed by atoms with Crippen LogP contribution in [0.1, 0.15) is 36.1 Å². The number of nitrogens with zero attached hydrogens (tertiary/aromatic N) is 1. The minimum Gasteiger partial charge on any atom is -0.378 e. The van der Waals surface area contributed by atoms with Gasteiger partial charge in [-0.1, -0.05) is 42.8 Å². The number of rotatable bonds is 5. The Labute approximate surface area is 125 Å². The molecule has 2 aromatic rings. The van der Waals surface area contributed by atoms with E-state index in [2.05, 4.69) is 43.4 Å². The first kappa shape index (κ1) is 15.0. The van der Waals surface area contributed by atoms with Crippen molar-refractivity contribution in [2.75, 3.05) is 5.32 Å². The molecule has 110 valence electrons. The van der Waals surface area contributed by atoms with E-state index in [-0.39, 0.29) is 16.7 Å². The fraction of sp³-hybridized carbons (Fsp3) is 0.294. The molecule has 0 fully saturated rings. The van der Waals surface area contributed by atoms with E-state index in [0.717, 1.165) is 17.7 Å². The maximum Gasteiger partial charge on any atom is 0.271 e. The van der Waals surface area contributed by atoms with Crippen molar-refractivity contribution in [2.45, 2.75) is 33.2 Å². The maximum atomic E-state index is 10.9. The summed E-state index contributed by atoms with van der Waals surface area (Å²) < 4.78 is 0. The van der Waals surface area contributed by atoms with Gasteiger partial charge in [0.25, 0.3) is 5.69 Å². The van der Waals surface area contributed by atoms with Gasteiger partial charge in [0, 0.05) is 17.8 Å². The van der Waals surface area contributed by atoms with Crippen molar-refractivity contribution in [2.24, 2.45) is 0 Å². The van der Waals surface area contributed by atoms with Crippen LogP contribution in [0, 0.1) is 24.0 Å². The number of non-ortho nitro benzene ring substituents is 1. The second-order valence-electron chi connectivity index (χ2n) is 5.27. The SMILES string of the molecule is CCC(Nc1cc([N+](=O)[O-])ccc1C)c1ccc(C)cc1. The second kappa shape index (κ2) is 6.39. The third-order valence-electron chi connectivity index (χ3n) is 3.65. The molecule has 0 heterocycles. The van der Waals surface area contributed by atoms with Crippen molar-refractivity contribution in [3.8, 4) is 0 Å². The molecular formula is C17H20N2O2. The first-order valence-electron chi connectivity index (χ1n) is 7.09. The molecule has 21 heavy (non-hydrogen) atoms. The molecule has 0 aliphatic heterocycles. The predicted molar refractivity (Wildman–Crippen MR) is 85.7 cm³/mol. The van der Waals surface area contributed by atoms with Gasteiger partial charge < -0.3 is 5.32 Å². The van der Waals surface area contributed by atoms with E-state index in [0.29, 0.717) is 0 Å². The van der Waals surface area contributed by atoms with Crippen LogP contribution in [0.5, 0.6) is 0 Å². The largest absolute Gasteiger partial charge is 0.378 e. The summed E-state index contributed by atoms with van der Waals surface area (Å²) in [6.07, 6.45) is 0.908. The summed E-state index contributed by atoms with van der Waals surface area (Å²) in [7, 11) is 0. The Bertz CT molecular complexity index is 636. The molecule has 0 saturated heterocycles. The van der Waals surface area contributed by atoms with Crippen molar-refractivity contribution in [1.82, 2.24) is 0 Å². The number of nitro groups is 1. The lowest BCUT2D eigenvalue weighted by Crippen LogP contribution is -2.10. The monoisotopic (exact) mass is 284 g/mol. The Morgan fingerprint density at radius 3 is 2.38 bits per heavy atom. The highest BCUT2D eigenvalue weighted by molar-refractivity contribution is 5.57. The quantitative estimate of drug-likeness (QED) is 0.635.